The Balaban J connectivity index is 0.00000441. The summed E-state index contributed by atoms with van der Waals surface area (Å²) in [6.07, 6.45) is 0. The third kappa shape index (κ3) is 3.77. The monoisotopic (exact) mass is 344 g/mol. The fourth-order valence-corrected chi connectivity index (χ4v) is 1.50. The highest BCUT2D eigenvalue weighted by Crippen LogP contribution is 2.38. The van der Waals surface area contributed by atoms with Crippen LogP contribution in [0.15, 0.2) is 12.1 Å². The first-order valence-corrected chi connectivity index (χ1v) is 5.60. The molecule has 7 nitrogen and oxygen atoms in total. The van der Waals surface area contributed by atoms with Crippen LogP contribution in [-0.4, -0.2) is 28.5 Å². The number of hydrogen-bond acceptors (Lipinski definition) is 6. The fraction of sp³-hybridized carbons (Fsp3) is 0.364. The Kier molecular flexibility index (Phi) is 6.59. The second-order valence-corrected chi connectivity index (χ2v) is 3.94. The molecule has 0 heterocycles. The number of alkyl halides is 2. The smallest absolute Gasteiger partial charge is 0.379 e. The summed E-state index contributed by atoms with van der Waals surface area (Å²) < 4.78 is 44.9. The minimum atomic E-state index is -4.30. The van der Waals surface area contributed by atoms with Gasteiger partial charge in [0.1, 0.15) is 6.04 Å². The van der Waals surface area contributed by atoms with E-state index in [1.807, 2.05) is 0 Å². The van der Waals surface area contributed by atoms with Gasteiger partial charge in [-0.25, -0.2) is 9.18 Å². The lowest BCUT2D eigenvalue weighted by atomic mass is 9.99. The van der Waals surface area contributed by atoms with Crippen LogP contribution in [0.1, 0.15) is 18.5 Å². The van der Waals surface area contributed by atoms with Gasteiger partial charge in [0.2, 0.25) is 0 Å². The van der Waals surface area contributed by atoms with Gasteiger partial charge in [-0.1, -0.05) is 0 Å². The summed E-state index contributed by atoms with van der Waals surface area (Å²) in [4.78, 5) is 20.6. The zero-order chi connectivity index (χ0) is 16.4. The van der Waals surface area contributed by atoms with E-state index in [2.05, 4.69) is 4.74 Å². The van der Waals surface area contributed by atoms with Crippen LogP contribution in [-0.2, 0) is 9.53 Å². The van der Waals surface area contributed by atoms with Crippen LogP contribution >= 0.6 is 12.4 Å². The van der Waals surface area contributed by atoms with Crippen molar-refractivity contribution in [2.45, 2.75) is 18.9 Å². The lowest BCUT2D eigenvalue weighted by Crippen LogP contribution is -2.41. The Labute approximate surface area is 128 Å². The van der Waals surface area contributed by atoms with Gasteiger partial charge in [0.15, 0.2) is 11.6 Å². The molecule has 22 heavy (non-hydrogen) atoms. The van der Waals surface area contributed by atoms with Crippen LogP contribution in [0.3, 0.4) is 0 Å². The number of nitro benzene ring substituents is 1. The molecule has 0 aliphatic carbocycles. The van der Waals surface area contributed by atoms with Gasteiger partial charge in [-0.3, -0.25) is 10.1 Å². The zero-order valence-corrected chi connectivity index (χ0v) is 11.9. The van der Waals surface area contributed by atoms with Crippen molar-refractivity contribution in [3.05, 3.63) is 33.6 Å². The fourth-order valence-electron chi connectivity index (χ4n) is 1.50. The molecule has 124 valence electrons. The molecular formula is C11H12ClF3N2O5. The van der Waals surface area contributed by atoms with Crippen molar-refractivity contribution in [2.75, 3.05) is 6.61 Å². The van der Waals surface area contributed by atoms with Crippen molar-refractivity contribution >= 4 is 24.1 Å². The van der Waals surface area contributed by atoms with Gasteiger partial charge in [0.05, 0.1) is 17.6 Å². The molecule has 1 aromatic rings. The maximum absolute atomic E-state index is 13.7. The largest absolute Gasteiger partial charge is 0.505 e. The standard InChI is InChI=1S/C11H11F3N2O5.ClH/c1-2-21-10(18)11(13,14)9(15)6-3-5(16(19)20)4-7(12)8(6)17;/h3-4,9,17H,2,15H2,1H3;1H/t9-;/m0./s1. The lowest BCUT2D eigenvalue weighted by molar-refractivity contribution is -0.385. The number of phenols is 1. The molecule has 0 aliphatic heterocycles. The van der Waals surface area contributed by atoms with Crippen LogP contribution in [0.2, 0.25) is 0 Å². The third-order valence-electron chi connectivity index (χ3n) is 2.56. The summed E-state index contributed by atoms with van der Waals surface area (Å²) in [6, 6.07) is -1.70. The van der Waals surface area contributed by atoms with Crippen molar-refractivity contribution in [2.24, 2.45) is 5.73 Å². The lowest BCUT2D eigenvalue weighted by Gasteiger charge is -2.22. The summed E-state index contributed by atoms with van der Waals surface area (Å²) in [7, 11) is 0. The van der Waals surface area contributed by atoms with Gasteiger partial charge in [0.25, 0.3) is 5.69 Å². The van der Waals surface area contributed by atoms with Crippen LogP contribution in [0.4, 0.5) is 18.9 Å². The average Bonchev–Trinajstić information content (AvgIpc) is 2.40. The van der Waals surface area contributed by atoms with Gasteiger partial charge < -0.3 is 15.6 Å². The molecule has 0 fully saturated rings. The second-order valence-electron chi connectivity index (χ2n) is 3.94. The average molecular weight is 345 g/mol. The first-order chi connectivity index (χ1) is 9.62. The molecule has 0 aromatic heterocycles. The molecule has 0 saturated heterocycles. The quantitative estimate of drug-likeness (QED) is 0.480. The van der Waals surface area contributed by atoms with Gasteiger partial charge >= 0.3 is 11.9 Å². The summed E-state index contributed by atoms with van der Waals surface area (Å²) in [5.41, 5.74) is 3.28. The number of esters is 1. The molecule has 0 aliphatic rings. The Morgan fingerprint density at radius 1 is 1.55 bits per heavy atom. The van der Waals surface area contributed by atoms with Gasteiger partial charge in [-0.2, -0.15) is 8.78 Å². The molecule has 0 spiro atoms. The highest BCUT2D eigenvalue weighted by Gasteiger charge is 2.49. The van der Waals surface area contributed by atoms with Crippen molar-refractivity contribution < 1.29 is 32.7 Å². The normalized spacial score (nSPS) is 12.2. The zero-order valence-electron chi connectivity index (χ0n) is 11.1. The molecule has 11 heteroatoms. The first-order valence-electron chi connectivity index (χ1n) is 5.60. The van der Waals surface area contributed by atoms with Crippen LogP contribution in [0.5, 0.6) is 5.75 Å². The van der Waals surface area contributed by atoms with Gasteiger partial charge in [-0.05, 0) is 6.92 Å². The number of nitrogens with two attached hydrogens (primary N) is 1. The van der Waals surface area contributed by atoms with E-state index < -0.39 is 45.7 Å². The third-order valence-corrected chi connectivity index (χ3v) is 2.56. The van der Waals surface area contributed by atoms with E-state index in [9.17, 15) is 33.2 Å². The molecule has 0 unspecified atom stereocenters. The Hall–Kier alpha value is -2.07. The number of aromatic hydroxyl groups is 1. The van der Waals surface area contributed by atoms with Crippen LogP contribution < -0.4 is 5.73 Å². The summed E-state index contributed by atoms with van der Waals surface area (Å²) in [6.45, 7) is 0.931. The van der Waals surface area contributed by atoms with E-state index in [0.717, 1.165) is 0 Å². The predicted octanol–water partition coefficient (Wildman–Crippen LogP) is 2.06. The molecule has 0 radical (unpaired) electrons. The van der Waals surface area contributed by atoms with E-state index in [-0.39, 0.29) is 19.0 Å². The Morgan fingerprint density at radius 2 is 2.09 bits per heavy atom. The summed E-state index contributed by atoms with van der Waals surface area (Å²) in [5.74, 6) is -9.08. The van der Waals surface area contributed by atoms with E-state index >= 15 is 0 Å². The molecular weight excluding hydrogens is 333 g/mol. The summed E-state index contributed by atoms with van der Waals surface area (Å²) in [5, 5.41) is 19.9. The molecule has 1 aromatic carbocycles. The van der Waals surface area contributed by atoms with E-state index in [1.165, 1.54) is 6.92 Å². The molecule has 1 atom stereocenters. The number of nitro groups is 1. The molecule has 0 amide bonds. The minimum absolute atomic E-state index is 0. The van der Waals surface area contributed by atoms with Crippen molar-refractivity contribution in [1.82, 2.24) is 0 Å². The maximum Gasteiger partial charge on any atom is 0.379 e. The highest BCUT2D eigenvalue weighted by atomic mass is 35.5. The molecule has 3 N–H and O–H groups in total. The topological polar surface area (TPSA) is 116 Å². The number of benzene rings is 1. The van der Waals surface area contributed by atoms with Crippen molar-refractivity contribution in [3.8, 4) is 5.75 Å². The minimum Gasteiger partial charge on any atom is -0.505 e. The van der Waals surface area contributed by atoms with Crippen LogP contribution in [0.25, 0.3) is 0 Å². The van der Waals surface area contributed by atoms with Crippen molar-refractivity contribution in [1.29, 1.82) is 0 Å². The van der Waals surface area contributed by atoms with Crippen molar-refractivity contribution in [3.63, 3.8) is 0 Å². The molecule has 0 saturated carbocycles. The number of rotatable bonds is 5. The molecule has 1 rings (SSSR count). The predicted molar refractivity (Wildman–Crippen MR) is 70.5 cm³/mol. The number of hydrogen-bond donors (Lipinski definition) is 2. The summed E-state index contributed by atoms with van der Waals surface area (Å²) >= 11 is 0. The first kappa shape index (κ1) is 19.9. The number of nitrogens with zero attached hydrogens (tertiary/aromatic N) is 1. The number of carbonyl (C=O) groups is 1. The maximum atomic E-state index is 13.7. The van der Waals surface area contributed by atoms with E-state index in [4.69, 9.17) is 5.73 Å². The molecule has 0 bridgehead atoms. The number of phenolic OH excluding ortho intramolecular Hbond substituents is 1. The second kappa shape index (κ2) is 7.27. The number of ether oxygens (including phenoxy) is 1. The SMILES string of the molecule is CCOC(=O)C(F)(F)[C@@H](N)c1cc([N+](=O)[O-])cc(F)c1O.Cl. The number of non-ortho nitro benzene ring substituents is 1. The van der Waals surface area contributed by atoms with E-state index in [0.29, 0.717) is 12.1 Å². The van der Waals surface area contributed by atoms with Crippen LogP contribution in [0, 0.1) is 15.9 Å². The highest BCUT2D eigenvalue weighted by molar-refractivity contribution is 5.85. The number of halogens is 4. The van der Waals surface area contributed by atoms with Gasteiger partial charge in [0, 0.05) is 11.6 Å². The Morgan fingerprint density at radius 3 is 2.55 bits per heavy atom. The number of carbonyl (C=O) groups excluding carboxylic acids is 1. The van der Waals surface area contributed by atoms with E-state index in [1.54, 1.807) is 0 Å². The van der Waals surface area contributed by atoms with Gasteiger partial charge in [-0.15, -0.1) is 12.4 Å². The Bertz CT molecular complexity index is 585.